The third kappa shape index (κ3) is 3.11. The molecule has 5 nitrogen and oxygen atoms in total. The molecule has 0 saturated carbocycles. The molecule has 0 spiro atoms. The Balaban J connectivity index is 1.92. The molecule has 1 aliphatic heterocycles. The van der Waals surface area contributed by atoms with Crippen LogP contribution in [0.25, 0.3) is 11.4 Å². The minimum atomic E-state index is 0.751. The van der Waals surface area contributed by atoms with E-state index in [4.69, 9.17) is 10.7 Å². The molecular weight excluding hydrogens is 282 g/mol. The van der Waals surface area contributed by atoms with Crippen LogP contribution in [0.2, 0.25) is 0 Å². The molecule has 0 unspecified atom stereocenters. The third-order valence-corrected chi connectivity index (χ3v) is 4.37. The molecule has 0 amide bonds. The van der Waals surface area contributed by atoms with Gasteiger partial charge in [0.1, 0.15) is 5.82 Å². The van der Waals surface area contributed by atoms with Gasteiger partial charge < -0.3 is 16.0 Å². The van der Waals surface area contributed by atoms with E-state index in [1.165, 1.54) is 0 Å². The number of aromatic nitrogens is 2. The van der Waals surface area contributed by atoms with Crippen LogP contribution in [0.4, 0.5) is 11.5 Å². The molecule has 1 saturated heterocycles. The highest BCUT2D eigenvalue weighted by Gasteiger charge is 2.13. The van der Waals surface area contributed by atoms with Crippen LogP contribution in [-0.2, 0) is 0 Å². The van der Waals surface area contributed by atoms with Crippen molar-refractivity contribution in [1.82, 2.24) is 15.3 Å². The van der Waals surface area contributed by atoms with Crippen LogP contribution < -0.4 is 16.0 Å². The Labute approximate surface area is 129 Å². The van der Waals surface area contributed by atoms with Gasteiger partial charge in [-0.25, -0.2) is 9.97 Å². The Kier molecular flexibility index (Phi) is 4.26. The van der Waals surface area contributed by atoms with Crippen molar-refractivity contribution < 1.29 is 0 Å². The van der Waals surface area contributed by atoms with Crippen molar-refractivity contribution in [1.29, 1.82) is 0 Å². The van der Waals surface area contributed by atoms with Gasteiger partial charge >= 0.3 is 0 Å². The lowest BCUT2D eigenvalue weighted by atomic mass is 10.2. The summed E-state index contributed by atoms with van der Waals surface area (Å²) in [7, 11) is 0. The van der Waals surface area contributed by atoms with Gasteiger partial charge in [0.15, 0.2) is 5.82 Å². The number of anilines is 2. The van der Waals surface area contributed by atoms with E-state index < -0.39 is 0 Å². The maximum Gasteiger partial charge on any atom is 0.161 e. The predicted molar refractivity (Wildman–Crippen MR) is 88.7 cm³/mol. The first-order valence-corrected chi connectivity index (χ1v) is 8.23. The molecule has 0 bridgehead atoms. The highest BCUT2D eigenvalue weighted by molar-refractivity contribution is 7.98. The van der Waals surface area contributed by atoms with Crippen LogP contribution in [0.15, 0.2) is 35.4 Å². The van der Waals surface area contributed by atoms with E-state index >= 15 is 0 Å². The summed E-state index contributed by atoms with van der Waals surface area (Å²) >= 11 is 1.64. The molecule has 6 heteroatoms. The minimum absolute atomic E-state index is 0.751. The van der Waals surface area contributed by atoms with Gasteiger partial charge in [-0.15, -0.1) is 11.8 Å². The second-order valence-corrected chi connectivity index (χ2v) is 5.78. The minimum Gasteiger partial charge on any atom is -0.398 e. The number of hydrogen-bond donors (Lipinski definition) is 2. The van der Waals surface area contributed by atoms with Crippen molar-refractivity contribution >= 4 is 23.3 Å². The van der Waals surface area contributed by atoms with E-state index in [9.17, 15) is 0 Å². The van der Waals surface area contributed by atoms with Gasteiger partial charge in [-0.2, -0.15) is 0 Å². The number of nitrogen functional groups attached to an aromatic ring is 1. The van der Waals surface area contributed by atoms with E-state index in [2.05, 4.69) is 21.3 Å². The van der Waals surface area contributed by atoms with E-state index in [-0.39, 0.29) is 0 Å². The number of hydrogen-bond acceptors (Lipinski definition) is 6. The molecule has 21 heavy (non-hydrogen) atoms. The number of piperazine rings is 1. The summed E-state index contributed by atoms with van der Waals surface area (Å²) in [6.45, 7) is 3.96. The summed E-state index contributed by atoms with van der Waals surface area (Å²) in [4.78, 5) is 12.5. The fraction of sp³-hybridized carbons (Fsp3) is 0.333. The fourth-order valence-electron chi connectivity index (χ4n) is 2.41. The maximum absolute atomic E-state index is 5.95. The molecule has 0 radical (unpaired) electrons. The topological polar surface area (TPSA) is 67.1 Å². The monoisotopic (exact) mass is 301 g/mol. The quantitative estimate of drug-likeness (QED) is 0.666. The Morgan fingerprint density at radius 1 is 1.24 bits per heavy atom. The summed E-state index contributed by atoms with van der Waals surface area (Å²) in [5.41, 5.74) is 7.75. The van der Waals surface area contributed by atoms with Crippen molar-refractivity contribution in [3.63, 3.8) is 0 Å². The SMILES string of the molecule is CSc1cc(-c2nccc(N3CCNCC3)n2)ccc1N. The Hall–Kier alpha value is -1.79. The molecule has 1 fully saturated rings. The lowest BCUT2D eigenvalue weighted by Crippen LogP contribution is -2.43. The lowest BCUT2D eigenvalue weighted by Gasteiger charge is -2.28. The molecule has 2 heterocycles. The van der Waals surface area contributed by atoms with E-state index in [1.54, 1.807) is 11.8 Å². The Morgan fingerprint density at radius 2 is 2.05 bits per heavy atom. The van der Waals surface area contributed by atoms with Crippen LogP contribution in [0.3, 0.4) is 0 Å². The van der Waals surface area contributed by atoms with Gasteiger partial charge in [0.25, 0.3) is 0 Å². The zero-order valence-corrected chi connectivity index (χ0v) is 12.9. The normalized spacial score (nSPS) is 15.2. The predicted octanol–water partition coefficient (Wildman–Crippen LogP) is 1.86. The summed E-state index contributed by atoms with van der Waals surface area (Å²) in [6, 6.07) is 7.92. The number of nitrogens with zero attached hydrogens (tertiary/aromatic N) is 3. The van der Waals surface area contributed by atoms with E-state index in [0.29, 0.717) is 0 Å². The molecule has 3 N–H and O–H groups in total. The van der Waals surface area contributed by atoms with Gasteiger partial charge in [-0.3, -0.25) is 0 Å². The fourth-order valence-corrected chi connectivity index (χ4v) is 2.96. The standard InChI is InChI=1S/C15H19N5S/c1-21-13-10-11(2-3-12(13)16)15-18-5-4-14(19-15)20-8-6-17-7-9-20/h2-5,10,17H,6-9,16H2,1H3. The van der Waals surface area contributed by atoms with Gasteiger partial charge in [0.2, 0.25) is 0 Å². The average molecular weight is 301 g/mol. The molecule has 2 aromatic rings. The zero-order chi connectivity index (χ0) is 14.7. The first-order chi connectivity index (χ1) is 10.3. The number of nitrogens with one attached hydrogen (secondary N) is 1. The van der Waals surface area contributed by atoms with Crippen LogP contribution in [0.5, 0.6) is 0 Å². The van der Waals surface area contributed by atoms with E-state index in [1.807, 2.05) is 30.7 Å². The first-order valence-electron chi connectivity index (χ1n) is 7.00. The molecule has 0 aliphatic carbocycles. The van der Waals surface area contributed by atoms with Gasteiger partial charge in [0, 0.05) is 48.5 Å². The van der Waals surface area contributed by atoms with E-state index in [0.717, 1.165) is 54.0 Å². The summed E-state index contributed by atoms with van der Waals surface area (Å²) in [5.74, 6) is 1.74. The van der Waals surface area contributed by atoms with Crippen molar-refractivity contribution in [2.75, 3.05) is 43.1 Å². The van der Waals surface area contributed by atoms with Crippen molar-refractivity contribution in [2.24, 2.45) is 0 Å². The van der Waals surface area contributed by atoms with Crippen LogP contribution in [-0.4, -0.2) is 42.4 Å². The van der Waals surface area contributed by atoms with Crippen LogP contribution >= 0.6 is 11.8 Å². The number of rotatable bonds is 3. The second kappa shape index (κ2) is 6.32. The van der Waals surface area contributed by atoms with Gasteiger partial charge in [-0.05, 0) is 30.5 Å². The van der Waals surface area contributed by atoms with Gasteiger partial charge in [-0.1, -0.05) is 0 Å². The highest BCUT2D eigenvalue weighted by Crippen LogP contribution is 2.28. The molecule has 3 rings (SSSR count). The molecular formula is C15H19N5S. The first kappa shape index (κ1) is 14.2. The molecule has 0 atom stereocenters. The third-order valence-electron chi connectivity index (χ3n) is 3.57. The number of thioether (sulfide) groups is 1. The molecule has 1 aromatic heterocycles. The van der Waals surface area contributed by atoms with Crippen molar-refractivity contribution in [2.45, 2.75) is 4.90 Å². The average Bonchev–Trinajstić information content (AvgIpc) is 2.56. The molecule has 1 aromatic carbocycles. The van der Waals surface area contributed by atoms with Crippen LogP contribution in [0, 0.1) is 0 Å². The largest absolute Gasteiger partial charge is 0.398 e. The smallest absolute Gasteiger partial charge is 0.161 e. The lowest BCUT2D eigenvalue weighted by molar-refractivity contribution is 0.585. The van der Waals surface area contributed by atoms with Crippen LogP contribution in [0.1, 0.15) is 0 Å². The van der Waals surface area contributed by atoms with Gasteiger partial charge in [0.05, 0.1) is 0 Å². The maximum atomic E-state index is 5.95. The highest BCUT2D eigenvalue weighted by atomic mass is 32.2. The number of benzene rings is 1. The summed E-state index contributed by atoms with van der Waals surface area (Å²) in [5, 5.41) is 3.35. The Morgan fingerprint density at radius 3 is 2.81 bits per heavy atom. The molecule has 1 aliphatic rings. The number of nitrogens with two attached hydrogens (primary N) is 1. The Bertz CT molecular complexity index is 625. The second-order valence-electron chi connectivity index (χ2n) is 4.93. The summed E-state index contributed by atoms with van der Waals surface area (Å²) < 4.78 is 0. The van der Waals surface area contributed by atoms with Crippen molar-refractivity contribution in [3.05, 3.63) is 30.5 Å². The van der Waals surface area contributed by atoms with Crippen molar-refractivity contribution in [3.8, 4) is 11.4 Å². The molecule has 110 valence electrons. The zero-order valence-electron chi connectivity index (χ0n) is 12.0. The summed E-state index contributed by atoms with van der Waals surface area (Å²) in [6.07, 6.45) is 3.85.